The second-order valence-electron chi connectivity index (χ2n) is 6.48. The molecular weight excluding hydrogens is 304 g/mol. The number of nitrogens with zero attached hydrogens (tertiary/aromatic N) is 1. The molecule has 1 N–H and O–H groups in total. The summed E-state index contributed by atoms with van der Waals surface area (Å²) >= 11 is 0. The summed E-state index contributed by atoms with van der Waals surface area (Å²) in [5.74, 6) is 0.589. The van der Waals surface area contributed by atoms with Crippen LogP contribution in [0.1, 0.15) is 12.1 Å². The normalized spacial score (nSPS) is 16.4. The summed E-state index contributed by atoms with van der Waals surface area (Å²) in [5, 5.41) is 6.04. The molecule has 0 saturated heterocycles. The number of pyridine rings is 1. The van der Waals surface area contributed by atoms with Crippen LogP contribution in [-0.2, 0) is 6.54 Å². The zero-order valence-corrected chi connectivity index (χ0v) is 14.2. The van der Waals surface area contributed by atoms with E-state index in [1.807, 2.05) is 0 Å². The van der Waals surface area contributed by atoms with Gasteiger partial charge < -0.3 is 5.32 Å². The van der Waals surface area contributed by atoms with Gasteiger partial charge in [0.05, 0.1) is 11.4 Å². The summed E-state index contributed by atoms with van der Waals surface area (Å²) < 4.78 is 0. The minimum absolute atomic E-state index is 0.589. The van der Waals surface area contributed by atoms with Gasteiger partial charge in [-0.15, -0.1) is 0 Å². The first-order chi connectivity index (χ1) is 12.4. The molecule has 0 fully saturated rings. The van der Waals surface area contributed by atoms with E-state index in [1.165, 1.54) is 16.3 Å². The number of benzene rings is 2. The molecule has 1 heterocycles. The molecule has 1 unspecified atom stereocenters. The van der Waals surface area contributed by atoms with Crippen LogP contribution in [0.4, 0.5) is 0 Å². The molecule has 1 aliphatic carbocycles. The Morgan fingerprint density at radius 1 is 0.920 bits per heavy atom. The van der Waals surface area contributed by atoms with Crippen LogP contribution < -0.4 is 5.32 Å². The van der Waals surface area contributed by atoms with Crippen LogP contribution in [0.25, 0.3) is 22.0 Å². The molecule has 124 valence electrons. The van der Waals surface area contributed by atoms with Gasteiger partial charge in [-0.1, -0.05) is 72.8 Å². The van der Waals surface area contributed by atoms with Crippen LogP contribution in [-0.4, -0.2) is 11.5 Å². The summed E-state index contributed by atoms with van der Waals surface area (Å²) in [5.41, 5.74) is 3.32. The molecule has 2 nitrogen and oxygen atoms in total. The number of rotatable bonds is 5. The maximum absolute atomic E-state index is 4.88. The Balaban J connectivity index is 1.51. The molecule has 1 aliphatic rings. The topological polar surface area (TPSA) is 24.9 Å². The Kier molecular flexibility index (Phi) is 4.71. The standard InChI is InChI=1S/C23H22N2/c1-2-8-18(9-3-1)16-24-17-20-12-7-15-23(25-20)22-14-6-11-19-10-4-5-13-21(19)22/h1-8,10-15,18,24H,9,16-17H2. The molecule has 25 heavy (non-hydrogen) atoms. The van der Waals surface area contributed by atoms with Gasteiger partial charge in [-0.3, -0.25) is 4.98 Å². The summed E-state index contributed by atoms with van der Waals surface area (Å²) in [4.78, 5) is 4.88. The smallest absolute Gasteiger partial charge is 0.0712 e. The molecule has 0 spiro atoms. The summed E-state index contributed by atoms with van der Waals surface area (Å²) in [6.45, 7) is 1.79. The third-order valence-corrected chi connectivity index (χ3v) is 4.65. The monoisotopic (exact) mass is 326 g/mol. The summed E-state index contributed by atoms with van der Waals surface area (Å²) in [6.07, 6.45) is 9.87. The molecule has 3 aromatic rings. The number of hydrogen-bond donors (Lipinski definition) is 1. The third kappa shape index (κ3) is 3.70. The highest BCUT2D eigenvalue weighted by Gasteiger charge is 2.07. The molecule has 0 amide bonds. The quantitative estimate of drug-likeness (QED) is 0.703. The van der Waals surface area contributed by atoms with E-state index in [0.717, 1.165) is 30.9 Å². The molecule has 1 aromatic heterocycles. The van der Waals surface area contributed by atoms with Crippen LogP contribution in [0, 0.1) is 5.92 Å². The molecule has 4 rings (SSSR count). The van der Waals surface area contributed by atoms with E-state index in [1.54, 1.807) is 0 Å². The van der Waals surface area contributed by atoms with Gasteiger partial charge in [0.15, 0.2) is 0 Å². The fourth-order valence-electron chi connectivity index (χ4n) is 3.35. The first-order valence-corrected chi connectivity index (χ1v) is 8.88. The fourth-order valence-corrected chi connectivity index (χ4v) is 3.35. The van der Waals surface area contributed by atoms with Gasteiger partial charge in [0.2, 0.25) is 0 Å². The zero-order valence-electron chi connectivity index (χ0n) is 14.2. The second-order valence-corrected chi connectivity index (χ2v) is 6.48. The molecule has 0 aliphatic heterocycles. The van der Waals surface area contributed by atoms with Crippen LogP contribution in [0.3, 0.4) is 0 Å². The van der Waals surface area contributed by atoms with Crippen LogP contribution in [0.5, 0.6) is 0 Å². The molecular formula is C23H22N2. The molecule has 1 atom stereocenters. The maximum atomic E-state index is 4.88. The van der Waals surface area contributed by atoms with Gasteiger partial charge in [0.25, 0.3) is 0 Å². The first-order valence-electron chi connectivity index (χ1n) is 8.88. The van der Waals surface area contributed by atoms with Crippen LogP contribution in [0.15, 0.2) is 85.0 Å². The molecule has 2 aromatic carbocycles. The second kappa shape index (κ2) is 7.45. The minimum Gasteiger partial charge on any atom is -0.311 e. The molecule has 0 radical (unpaired) electrons. The van der Waals surface area contributed by atoms with Crippen molar-refractivity contribution in [1.29, 1.82) is 0 Å². The van der Waals surface area contributed by atoms with Crippen molar-refractivity contribution in [3.63, 3.8) is 0 Å². The third-order valence-electron chi connectivity index (χ3n) is 4.65. The lowest BCUT2D eigenvalue weighted by molar-refractivity contribution is 0.555. The average Bonchev–Trinajstić information content (AvgIpc) is 2.69. The van der Waals surface area contributed by atoms with E-state index >= 15 is 0 Å². The number of fused-ring (bicyclic) bond motifs is 1. The van der Waals surface area contributed by atoms with Crippen LogP contribution in [0.2, 0.25) is 0 Å². The Bertz CT molecular complexity index is 919. The predicted molar refractivity (Wildman–Crippen MR) is 105 cm³/mol. The lowest BCUT2D eigenvalue weighted by atomic mass is 10.0. The highest BCUT2D eigenvalue weighted by Crippen LogP contribution is 2.27. The van der Waals surface area contributed by atoms with Gasteiger partial charge in [-0.2, -0.15) is 0 Å². The number of aromatic nitrogens is 1. The van der Waals surface area contributed by atoms with E-state index in [-0.39, 0.29) is 0 Å². The van der Waals surface area contributed by atoms with Crippen molar-refractivity contribution in [2.45, 2.75) is 13.0 Å². The fraction of sp³-hybridized carbons (Fsp3) is 0.174. The van der Waals surface area contributed by atoms with Crippen molar-refractivity contribution in [1.82, 2.24) is 10.3 Å². The van der Waals surface area contributed by atoms with E-state index in [4.69, 9.17) is 4.98 Å². The maximum Gasteiger partial charge on any atom is 0.0712 e. The van der Waals surface area contributed by atoms with Crippen molar-refractivity contribution in [2.24, 2.45) is 5.92 Å². The average molecular weight is 326 g/mol. The number of nitrogens with one attached hydrogen (secondary N) is 1. The molecule has 0 bridgehead atoms. The van der Waals surface area contributed by atoms with Gasteiger partial charge in [-0.25, -0.2) is 0 Å². The number of allylic oxidation sites excluding steroid dienone is 3. The van der Waals surface area contributed by atoms with Crippen molar-refractivity contribution in [2.75, 3.05) is 6.54 Å². The summed E-state index contributed by atoms with van der Waals surface area (Å²) in [6, 6.07) is 21.2. The van der Waals surface area contributed by atoms with E-state index in [9.17, 15) is 0 Å². The zero-order chi connectivity index (χ0) is 16.9. The van der Waals surface area contributed by atoms with Crippen LogP contribution >= 0.6 is 0 Å². The Hall–Kier alpha value is -2.71. The van der Waals surface area contributed by atoms with E-state index in [2.05, 4.69) is 90.3 Å². The number of hydrogen-bond acceptors (Lipinski definition) is 2. The van der Waals surface area contributed by atoms with E-state index < -0.39 is 0 Å². The Morgan fingerprint density at radius 3 is 2.72 bits per heavy atom. The Labute approximate surface area is 148 Å². The minimum atomic E-state index is 0.589. The van der Waals surface area contributed by atoms with Crippen molar-refractivity contribution in [3.8, 4) is 11.3 Å². The Morgan fingerprint density at radius 2 is 1.80 bits per heavy atom. The van der Waals surface area contributed by atoms with Gasteiger partial charge >= 0.3 is 0 Å². The van der Waals surface area contributed by atoms with E-state index in [0.29, 0.717) is 5.92 Å². The highest BCUT2D eigenvalue weighted by atomic mass is 14.9. The lowest BCUT2D eigenvalue weighted by Gasteiger charge is -2.14. The van der Waals surface area contributed by atoms with Crippen molar-refractivity contribution >= 4 is 10.8 Å². The summed E-state index contributed by atoms with van der Waals surface area (Å²) in [7, 11) is 0. The molecule has 0 saturated carbocycles. The lowest BCUT2D eigenvalue weighted by Crippen LogP contribution is -2.22. The van der Waals surface area contributed by atoms with Gasteiger partial charge in [0.1, 0.15) is 0 Å². The van der Waals surface area contributed by atoms with Gasteiger partial charge in [-0.05, 0) is 35.2 Å². The highest BCUT2D eigenvalue weighted by molar-refractivity contribution is 5.95. The van der Waals surface area contributed by atoms with Gasteiger partial charge in [0, 0.05) is 18.7 Å². The van der Waals surface area contributed by atoms with Crippen molar-refractivity contribution < 1.29 is 0 Å². The SMILES string of the molecule is C1=CCC(CNCc2cccc(-c3cccc4ccccc34)n2)C=C1. The van der Waals surface area contributed by atoms with Crippen molar-refractivity contribution in [3.05, 3.63) is 90.7 Å². The largest absolute Gasteiger partial charge is 0.311 e. The first kappa shape index (κ1) is 15.8. The predicted octanol–water partition coefficient (Wildman–Crippen LogP) is 5.12. The molecule has 2 heteroatoms.